The fourth-order valence-electron chi connectivity index (χ4n) is 2.28. The molecule has 3 nitrogen and oxygen atoms in total. The van der Waals surface area contributed by atoms with Crippen LogP contribution in [0.3, 0.4) is 0 Å². The predicted octanol–water partition coefficient (Wildman–Crippen LogP) is 2.56. The maximum atomic E-state index is 13.6. The minimum atomic E-state index is -3.36. The van der Waals surface area contributed by atoms with Crippen LogP contribution in [-0.2, 0) is 21.1 Å². The molecule has 2 rings (SSSR count). The summed E-state index contributed by atoms with van der Waals surface area (Å²) in [5, 5.41) is -0.727. The Kier molecular flexibility index (Phi) is 4.26. The highest BCUT2D eigenvalue weighted by atomic mass is 35.5. The molecule has 1 aliphatic rings. The third-order valence-electron chi connectivity index (χ3n) is 3.32. The standard InChI is InChI=1S/C13H14ClFO3S/c14-10-5-4-9(11(15)8-10)7-12(16)13-3-1-2-6-19(13,17)18/h4-5,8,13H,1-3,6-7H2. The highest BCUT2D eigenvalue weighted by Crippen LogP contribution is 2.23. The number of Topliss-reactive ketones (excluding diaryl/α,β-unsaturated/α-hetero) is 1. The van der Waals surface area contributed by atoms with Gasteiger partial charge in [0.1, 0.15) is 11.1 Å². The topological polar surface area (TPSA) is 51.2 Å². The van der Waals surface area contributed by atoms with Gasteiger partial charge >= 0.3 is 0 Å². The number of hydrogen-bond donors (Lipinski definition) is 0. The van der Waals surface area contributed by atoms with E-state index in [0.717, 1.165) is 12.5 Å². The van der Waals surface area contributed by atoms with E-state index in [0.29, 0.717) is 12.8 Å². The zero-order valence-corrected chi connectivity index (χ0v) is 11.8. The largest absolute Gasteiger partial charge is 0.298 e. The lowest BCUT2D eigenvalue weighted by Gasteiger charge is -2.21. The Bertz CT molecular complexity index is 598. The summed E-state index contributed by atoms with van der Waals surface area (Å²) in [7, 11) is -3.36. The molecule has 1 atom stereocenters. The molecule has 6 heteroatoms. The molecule has 1 heterocycles. The molecule has 0 aromatic heterocycles. The zero-order valence-electron chi connectivity index (χ0n) is 10.2. The molecule has 0 amide bonds. The van der Waals surface area contributed by atoms with Gasteiger partial charge in [0.2, 0.25) is 0 Å². The first-order valence-corrected chi connectivity index (χ1v) is 8.18. The van der Waals surface area contributed by atoms with E-state index in [-0.39, 0.29) is 22.8 Å². The van der Waals surface area contributed by atoms with E-state index in [4.69, 9.17) is 11.6 Å². The van der Waals surface area contributed by atoms with Crippen LogP contribution in [0.15, 0.2) is 18.2 Å². The van der Waals surface area contributed by atoms with Crippen molar-refractivity contribution in [2.45, 2.75) is 30.9 Å². The van der Waals surface area contributed by atoms with Crippen LogP contribution in [0, 0.1) is 5.82 Å². The molecule has 0 spiro atoms. The number of ketones is 1. The summed E-state index contributed by atoms with van der Waals surface area (Å²) in [5.41, 5.74) is 0.190. The molecule has 1 aromatic carbocycles. The summed E-state index contributed by atoms with van der Waals surface area (Å²) in [6.07, 6.45) is 1.46. The van der Waals surface area contributed by atoms with Gasteiger partial charge in [-0.25, -0.2) is 12.8 Å². The van der Waals surface area contributed by atoms with E-state index in [1.165, 1.54) is 12.1 Å². The van der Waals surface area contributed by atoms with Gasteiger partial charge in [-0.3, -0.25) is 4.79 Å². The van der Waals surface area contributed by atoms with Crippen molar-refractivity contribution < 1.29 is 17.6 Å². The SMILES string of the molecule is O=C(Cc1ccc(Cl)cc1F)C1CCCCS1(=O)=O. The quantitative estimate of drug-likeness (QED) is 0.862. The summed E-state index contributed by atoms with van der Waals surface area (Å²) in [5.74, 6) is -0.957. The Morgan fingerprint density at radius 3 is 2.74 bits per heavy atom. The average molecular weight is 305 g/mol. The number of carbonyl (C=O) groups excluding carboxylic acids is 1. The maximum absolute atomic E-state index is 13.6. The molecule has 19 heavy (non-hydrogen) atoms. The second-order valence-corrected chi connectivity index (χ2v) is 7.47. The van der Waals surface area contributed by atoms with Crippen molar-refractivity contribution in [3.8, 4) is 0 Å². The molecule has 104 valence electrons. The average Bonchev–Trinajstić information content (AvgIpc) is 2.32. The minimum absolute atomic E-state index is 0.0481. The lowest BCUT2D eigenvalue weighted by Crippen LogP contribution is -2.36. The molecule has 1 fully saturated rings. The molecular weight excluding hydrogens is 291 g/mol. The van der Waals surface area contributed by atoms with Gasteiger partial charge in [-0.1, -0.05) is 24.1 Å². The monoisotopic (exact) mass is 304 g/mol. The van der Waals surface area contributed by atoms with Crippen LogP contribution in [-0.4, -0.2) is 25.2 Å². The van der Waals surface area contributed by atoms with Crippen molar-refractivity contribution in [2.75, 3.05) is 5.75 Å². The highest BCUT2D eigenvalue weighted by Gasteiger charge is 2.34. The lowest BCUT2D eigenvalue weighted by atomic mass is 10.0. The van der Waals surface area contributed by atoms with Crippen LogP contribution in [0.25, 0.3) is 0 Å². The second kappa shape index (κ2) is 5.59. The summed E-state index contributed by atoms with van der Waals surface area (Å²) < 4.78 is 37.2. The van der Waals surface area contributed by atoms with Crippen LogP contribution in [0.5, 0.6) is 0 Å². The van der Waals surface area contributed by atoms with Crippen LogP contribution in [0.1, 0.15) is 24.8 Å². The molecule has 1 saturated heterocycles. The molecule has 0 bridgehead atoms. The highest BCUT2D eigenvalue weighted by molar-refractivity contribution is 7.92. The van der Waals surface area contributed by atoms with Crippen molar-refractivity contribution in [2.24, 2.45) is 0 Å². The van der Waals surface area contributed by atoms with E-state index >= 15 is 0 Å². The van der Waals surface area contributed by atoms with Crippen LogP contribution < -0.4 is 0 Å². The Balaban J connectivity index is 2.17. The molecule has 1 unspecified atom stereocenters. The fourth-order valence-corrected chi connectivity index (χ4v) is 4.34. The van der Waals surface area contributed by atoms with Crippen molar-refractivity contribution in [3.63, 3.8) is 0 Å². The van der Waals surface area contributed by atoms with E-state index in [1.807, 2.05) is 0 Å². The number of sulfone groups is 1. The van der Waals surface area contributed by atoms with Gasteiger partial charge in [-0.2, -0.15) is 0 Å². The first-order chi connectivity index (χ1) is 8.90. The van der Waals surface area contributed by atoms with E-state index in [9.17, 15) is 17.6 Å². The third kappa shape index (κ3) is 3.34. The summed E-state index contributed by atoms with van der Waals surface area (Å²) in [6.45, 7) is 0. The number of carbonyl (C=O) groups is 1. The van der Waals surface area contributed by atoms with E-state index in [1.54, 1.807) is 0 Å². The molecule has 0 saturated carbocycles. The van der Waals surface area contributed by atoms with Crippen molar-refractivity contribution >= 4 is 27.2 Å². The van der Waals surface area contributed by atoms with Gasteiger partial charge in [0.15, 0.2) is 15.6 Å². The Hall–Kier alpha value is -0.940. The molecule has 1 aromatic rings. The first-order valence-electron chi connectivity index (χ1n) is 6.08. The van der Waals surface area contributed by atoms with Gasteiger partial charge in [0.25, 0.3) is 0 Å². The molecule has 1 aliphatic heterocycles. The van der Waals surface area contributed by atoms with Gasteiger partial charge in [-0.15, -0.1) is 0 Å². The Morgan fingerprint density at radius 2 is 2.11 bits per heavy atom. The number of rotatable bonds is 3. The van der Waals surface area contributed by atoms with Crippen molar-refractivity contribution in [1.29, 1.82) is 0 Å². The molecule has 0 N–H and O–H groups in total. The van der Waals surface area contributed by atoms with Crippen LogP contribution >= 0.6 is 11.6 Å². The van der Waals surface area contributed by atoms with Crippen LogP contribution in [0.2, 0.25) is 5.02 Å². The lowest BCUT2D eigenvalue weighted by molar-refractivity contribution is -0.118. The summed E-state index contributed by atoms with van der Waals surface area (Å²) in [4.78, 5) is 12.0. The third-order valence-corrected chi connectivity index (χ3v) is 5.78. The minimum Gasteiger partial charge on any atom is -0.298 e. The summed E-state index contributed by atoms with van der Waals surface area (Å²) >= 11 is 5.63. The van der Waals surface area contributed by atoms with Gasteiger partial charge in [0.05, 0.1) is 5.75 Å². The van der Waals surface area contributed by atoms with Gasteiger partial charge < -0.3 is 0 Å². The van der Waals surface area contributed by atoms with Crippen molar-refractivity contribution in [1.82, 2.24) is 0 Å². The predicted molar refractivity (Wildman–Crippen MR) is 71.5 cm³/mol. The zero-order chi connectivity index (χ0) is 14.0. The smallest absolute Gasteiger partial charge is 0.160 e. The van der Waals surface area contributed by atoms with Gasteiger partial charge in [-0.05, 0) is 30.5 Å². The summed E-state index contributed by atoms with van der Waals surface area (Å²) in [6, 6.07) is 4.03. The molecular formula is C13H14ClFO3S. The number of halogens is 2. The fraction of sp³-hybridized carbons (Fsp3) is 0.462. The number of hydrogen-bond acceptors (Lipinski definition) is 3. The second-order valence-electron chi connectivity index (χ2n) is 4.73. The van der Waals surface area contributed by atoms with Crippen LogP contribution in [0.4, 0.5) is 4.39 Å². The van der Waals surface area contributed by atoms with E-state index in [2.05, 4.69) is 0 Å². The molecule has 0 radical (unpaired) electrons. The van der Waals surface area contributed by atoms with E-state index < -0.39 is 26.7 Å². The van der Waals surface area contributed by atoms with Crippen molar-refractivity contribution in [3.05, 3.63) is 34.6 Å². The maximum Gasteiger partial charge on any atom is 0.160 e. The first kappa shape index (κ1) is 14.5. The Morgan fingerprint density at radius 1 is 1.37 bits per heavy atom. The Labute approximate surface area is 116 Å². The number of benzene rings is 1. The normalized spacial score (nSPS) is 22.1. The van der Waals surface area contributed by atoms with Gasteiger partial charge in [0, 0.05) is 11.4 Å². The molecule has 0 aliphatic carbocycles.